The molecule has 1 atom stereocenters. The molecule has 0 radical (unpaired) electrons. The Morgan fingerprint density at radius 1 is 1.04 bits per heavy atom. The van der Waals surface area contributed by atoms with Gasteiger partial charge in [-0.15, -0.1) is 0 Å². The highest BCUT2D eigenvalue weighted by molar-refractivity contribution is 5.86. The Labute approximate surface area is 142 Å². The van der Waals surface area contributed by atoms with Crippen molar-refractivity contribution in [1.82, 2.24) is 10.6 Å². The van der Waals surface area contributed by atoms with Gasteiger partial charge in [0.05, 0.1) is 18.5 Å². The summed E-state index contributed by atoms with van der Waals surface area (Å²) in [5.74, 6) is -0.424. The first-order chi connectivity index (χ1) is 11.5. The third-order valence-corrected chi connectivity index (χ3v) is 3.74. The van der Waals surface area contributed by atoms with Gasteiger partial charge in [0.2, 0.25) is 0 Å². The summed E-state index contributed by atoms with van der Waals surface area (Å²) in [4.78, 5) is 23.3. The van der Waals surface area contributed by atoms with Gasteiger partial charge in [-0.05, 0) is 23.3 Å². The molecule has 0 aliphatic heterocycles. The summed E-state index contributed by atoms with van der Waals surface area (Å²) in [6.07, 6.45) is 0. The van der Waals surface area contributed by atoms with E-state index in [1.54, 1.807) is 13.8 Å². The zero-order valence-electron chi connectivity index (χ0n) is 14.3. The number of fused-ring (bicyclic) bond motifs is 1. The average molecular weight is 328 g/mol. The van der Waals surface area contributed by atoms with Gasteiger partial charge in [-0.25, -0.2) is 4.79 Å². The van der Waals surface area contributed by atoms with E-state index in [2.05, 4.69) is 22.8 Å². The maximum atomic E-state index is 12.0. The highest BCUT2D eigenvalue weighted by atomic mass is 16.5. The van der Waals surface area contributed by atoms with Crippen molar-refractivity contribution in [2.75, 3.05) is 13.2 Å². The number of carbonyl (C=O) groups is 2. The van der Waals surface area contributed by atoms with Gasteiger partial charge in [-0.1, -0.05) is 56.3 Å². The Morgan fingerprint density at radius 2 is 1.75 bits per heavy atom. The largest absolute Gasteiger partial charge is 0.464 e. The van der Waals surface area contributed by atoms with E-state index in [0.717, 1.165) is 16.3 Å². The molecule has 2 aromatic rings. The van der Waals surface area contributed by atoms with Crippen LogP contribution in [-0.2, 0) is 9.53 Å². The van der Waals surface area contributed by atoms with Crippen LogP contribution >= 0.6 is 0 Å². The minimum absolute atomic E-state index is 0.130. The van der Waals surface area contributed by atoms with E-state index in [0.29, 0.717) is 0 Å². The van der Waals surface area contributed by atoms with Gasteiger partial charge in [0.1, 0.15) is 6.61 Å². The predicted octanol–water partition coefficient (Wildman–Crippen LogP) is 3.40. The van der Waals surface area contributed by atoms with Crippen LogP contribution in [0.3, 0.4) is 0 Å². The van der Waals surface area contributed by atoms with Crippen LogP contribution in [0, 0.1) is 5.92 Å². The van der Waals surface area contributed by atoms with E-state index in [9.17, 15) is 9.59 Å². The van der Waals surface area contributed by atoms with E-state index in [4.69, 9.17) is 4.74 Å². The summed E-state index contributed by atoms with van der Waals surface area (Å²) in [6, 6.07) is 13.7. The second-order valence-corrected chi connectivity index (χ2v) is 6.01. The molecule has 2 rings (SSSR count). The van der Waals surface area contributed by atoms with Gasteiger partial charge < -0.3 is 15.4 Å². The summed E-state index contributed by atoms with van der Waals surface area (Å²) in [7, 11) is 0. The number of hydrogen-bond donors (Lipinski definition) is 2. The zero-order chi connectivity index (χ0) is 17.5. The molecule has 0 bridgehead atoms. The molecule has 0 aromatic heterocycles. The van der Waals surface area contributed by atoms with Gasteiger partial charge in [-0.2, -0.15) is 0 Å². The molecule has 0 heterocycles. The summed E-state index contributed by atoms with van der Waals surface area (Å²) in [5, 5.41) is 7.87. The van der Waals surface area contributed by atoms with Crippen molar-refractivity contribution < 1.29 is 14.3 Å². The van der Waals surface area contributed by atoms with E-state index >= 15 is 0 Å². The summed E-state index contributed by atoms with van der Waals surface area (Å²) in [6.45, 7) is 5.95. The number of ether oxygens (including phenoxy) is 1. The number of rotatable bonds is 6. The number of carbonyl (C=O) groups excluding carboxylic acids is 2. The fourth-order valence-corrected chi connectivity index (χ4v) is 2.44. The SMILES string of the molecule is CC(C)C(=O)OCCNC(=O)N[C@H](C)c1cccc2ccccc12. The van der Waals surface area contributed by atoms with Gasteiger partial charge in [-0.3, -0.25) is 4.79 Å². The second-order valence-electron chi connectivity index (χ2n) is 6.01. The molecular formula is C19H24N2O3. The van der Waals surface area contributed by atoms with Crippen molar-refractivity contribution >= 4 is 22.8 Å². The van der Waals surface area contributed by atoms with Gasteiger partial charge in [0.25, 0.3) is 0 Å². The molecule has 5 nitrogen and oxygen atoms in total. The van der Waals surface area contributed by atoms with E-state index < -0.39 is 0 Å². The van der Waals surface area contributed by atoms with Crippen molar-refractivity contribution in [2.45, 2.75) is 26.8 Å². The van der Waals surface area contributed by atoms with Crippen LogP contribution in [0.1, 0.15) is 32.4 Å². The molecule has 0 saturated heterocycles. The fourth-order valence-electron chi connectivity index (χ4n) is 2.44. The fraction of sp³-hybridized carbons (Fsp3) is 0.368. The molecule has 0 spiro atoms. The molecule has 0 fully saturated rings. The van der Waals surface area contributed by atoms with Crippen LogP contribution < -0.4 is 10.6 Å². The molecule has 0 aliphatic rings. The molecule has 24 heavy (non-hydrogen) atoms. The van der Waals surface area contributed by atoms with Crippen molar-refractivity contribution in [1.29, 1.82) is 0 Å². The van der Waals surface area contributed by atoms with Crippen LogP contribution in [0.2, 0.25) is 0 Å². The first kappa shape index (κ1) is 17.8. The highest BCUT2D eigenvalue weighted by Crippen LogP contribution is 2.23. The normalized spacial score (nSPS) is 12.0. The van der Waals surface area contributed by atoms with Gasteiger partial charge in [0.15, 0.2) is 0 Å². The average Bonchev–Trinajstić information content (AvgIpc) is 2.57. The predicted molar refractivity (Wildman–Crippen MR) is 94.7 cm³/mol. The Kier molecular flexibility index (Phi) is 6.18. The molecule has 5 heteroatoms. The lowest BCUT2D eigenvalue weighted by Crippen LogP contribution is -2.39. The summed E-state index contributed by atoms with van der Waals surface area (Å²) >= 11 is 0. The minimum atomic E-state index is -0.281. The first-order valence-corrected chi connectivity index (χ1v) is 8.17. The number of nitrogens with one attached hydrogen (secondary N) is 2. The van der Waals surface area contributed by atoms with Crippen LogP contribution in [0.5, 0.6) is 0 Å². The van der Waals surface area contributed by atoms with E-state index in [-0.39, 0.29) is 37.1 Å². The number of hydrogen-bond acceptors (Lipinski definition) is 3. The number of benzene rings is 2. The minimum Gasteiger partial charge on any atom is -0.464 e. The van der Waals surface area contributed by atoms with Crippen LogP contribution in [0.25, 0.3) is 10.8 Å². The lowest BCUT2D eigenvalue weighted by atomic mass is 10.00. The number of urea groups is 1. The number of amides is 2. The van der Waals surface area contributed by atoms with Gasteiger partial charge in [0, 0.05) is 0 Å². The third kappa shape index (κ3) is 4.72. The topological polar surface area (TPSA) is 67.4 Å². The number of esters is 1. The standard InChI is InChI=1S/C19H24N2O3/c1-13(2)18(22)24-12-11-20-19(23)21-14(3)16-10-6-8-15-7-4-5-9-17(15)16/h4-10,13-14H,11-12H2,1-3H3,(H2,20,21,23)/t14-/m1/s1. The Hall–Kier alpha value is -2.56. The summed E-state index contributed by atoms with van der Waals surface area (Å²) in [5.41, 5.74) is 1.06. The van der Waals surface area contributed by atoms with Crippen LogP contribution in [0.4, 0.5) is 4.79 Å². The maximum absolute atomic E-state index is 12.0. The van der Waals surface area contributed by atoms with Crippen LogP contribution in [-0.4, -0.2) is 25.2 Å². The van der Waals surface area contributed by atoms with E-state index in [1.807, 2.05) is 37.3 Å². The maximum Gasteiger partial charge on any atom is 0.315 e. The van der Waals surface area contributed by atoms with Crippen molar-refractivity contribution in [3.05, 3.63) is 48.0 Å². The van der Waals surface area contributed by atoms with E-state index in [1.165, 1.54) is 0 Å². The second kappa shape index (κ2) is 8.34. The van der Waals surface area contributed by atoms with Crippen molar-refractivity contribution in [2.24, 2.45) is 5.92 Å². The Bertz CT molecular complexity index is 707. The first-order valence-electron chi connectivity index (χ1n) is 8.17. The lowest BCUT2D eigenvalue weighted by Gasteiger charge is -2.17. The monoisotopic (exact) mass is 328 g/mol. The third-order valence-electron chi connectivity index (χ3n) is 3.74. The molecule has 0 aliphatic carbocycles. The zero-order valence-corrected chi connectivity index (χ0v) is 14.3. The smallest absolute Gasteiger partial charge is 0.315 e. The quantitative estimate of drug-likeness (QED) is 0.631. The van der Waals surface area contributed by atoms with Crippen molar-refractivity contribution in [3.8, 4) is 0 Å². The molecule has 2 aromatic carbocycles. The molecule has 0 unspecified atom stereocenters. The molecular weight excluding hydrogens is 304 g/mol. The lowest BCUT2D eigenvalue weighted by molar-refractivity contribution is -0.147. The Morgan fingerprint density at radius 3 is 2.50 bits per heavy atom. The van der Waals surface area contributed by atoms with Crippen LogP contribution in [0.15, 0.2) is 42.5 Å². The van der Waals surface area contributed by atoms with Gasteiger partial charge >= 0.3 is 12.0 Å². The Balaban J connectivity index is 1.86. The molecule has 0 saturated carbocycles. The summed E-state index contributed by atoms with van der Waals surface area (Å²) < 4.78 is 5.02. The molecule has 128 valence electrons. The highest BCUT2D eigenvalue weighted by Gasteiger charge is 2.12. The molecule has 2 amide bonds. The molecule has 2 N–H and O–H groups in total. The van der Waals surface area contributed by atoms with Crippen molar-refractivity contribution in [3.63, 3.8) is 0 Å².